The SMILES string of the molecule is CCCNc1ncnc(-c2sccc2Cl)c1C. The number of halogens is 1. The molecule has 3 nitrogen and oxygen atoms in total. The van der Waals surface area contributed by atoms with E-state index >= 15 is 0 Å². The predicted molar refractivity (Wildman–Crippen MR) is 73.9 cm³/mol. The number of thiophene rings is 1. The average Bonchev–Trinajstić information content (AvgIpc) is 2.74. The van der Waals surface area contributed by atoms with Gasteiger partial charge in [0.15, 0.2) is 0 Å². The Labute approximate surface area is 110 Å². The Kier molecular flexibility index (Phi) is 3.97. The van der Waals surface area contributed by atoms with Gasteiger partial charge in [0.1, 0.15) is 12.1 Å². The van der Waals surface area contributed by atoms with E-state index in [-0.39, 0.29) is 0 Å². The fourth-order valence-electron chi connectivity index (χ4n) is 1.56. The van der Waals surface area contributed by atoms with Crippen molar-refractivity contribution in [3.8, 4) is 10.6 Å². The van der Waals surface area contributed by atoms with Gasteiger partial charge in [-0.25, -0.2) is 9.97 Å². The first-order valence-corrected chi connectivity index (χ1v) is 6.78. The molecule has 90 valence electrons. The van der Waals surface area contributed by atoms with Crippen molar-refractivity contribution in [1.82, 2.24) is 9.97 Å². The molecule has 0 aromatic carbocycles. The lowest BCUT2D eigenvalue weighted by Crippen LogP contribution is -2.05. The smallest absolute Gasteiger partial charge is 0.132 e. The van der Waals surface area contributed by atoms with Crippen molar-refractivity contribution >= 4 is 28.8 Å². The van der Waals surface area contributed by atoms with Crippen LogP contribution >= 0.6 is 22.9 Å². The standard InChI is InChI=1S/C12H14ClN3S/c1-3-5-14-12-8(2)10(15-7-16-12)11-9(13)4-6-17-11/h4,6-7H,3,5H2,1-2H3,(H,14,15,16). The summed E-state index contributed by atoms with van der Waals surface area (Å²) in [6.45, 7) is 5.05. The van der Waals surface area contributed by atoms with Crippen LogP contribution in [0.1, 0.15) is 18.9 Å². The van der Waals surface area contributed by atoms with E-state index in [1.54, 1.807) is 17.7 Å². The van der Waals surface area contributed by atoms with Gasteiger partial charge in [0.2, 0.25) is 0 Å². The minimum atomic E-state index is 0.748. The van der Waals surface area contributed by atoms with Gasteiger partial charge in [-0.1, -0.05) is 18.5 Å². The first kappa shape index (κ1) is 12.3. The zero-order valence-corrected chi connectivity index (χ0v) is 11.4. The first-order valence-electron chi connectivity index (χ1n) is 5.53. The van der Waals surface area contributed by atoms with E-state index in [4.69, 9.17) is 11.6 Å². The second-order valence-electron chi connectivity index (χ2n) is 3.72. The molecule has 0 saturated carbocycles. The third kappa shape index (κ3) is 2.58. The summed E-state index contributed by atoms with van der Waals surface area (Å²) in [5.41, 5.74) is 1.96. The molecular formula is C12H14ClN3S. The second-order valence-corrected chi connectivity index (χ2v) is 5.04. The first-order chi connectivity index (χ1) is 8.24. The molecule has 2 aromatic heterocycles. The van der Waals surface area contributed by atoms with Crippen LogP contribution in [0.4, 0.5) is 5.82 Å². The second kappa shape index (κ2) is 5.47. The van der Waals surface area contributed by atoms with Crippen molar-refractivity contribution in [1.29, 1.82) is 0 Å². The van der Waals surface area contributed by atoms with Crippen molar-refractivity contribution in [2.24, 2.45) is 0 Å². The van der Waals surface area contributed by atoms with Gasteiger partial charge in [-0.15, -0.1) is 11.3 Å². The summed E-state index contributed by atoms with van der Waals surface area (Å²) in [7, 11) is 0. The summed E-state index contributed by atoms with van der Waals surface area (Å²) in [5.74, 6) is 0.890. The number of hydrogen-bond acceptors (Lipinski definition) is 4. The van der Waals surface area contributed by atoms with Gasteiger partial charge < -0.3 is 5.32 Å². The summed E-state index contributed by atoms with van der Waals surface area (Å²) in [6.07, 6.45) is 2.65. The van der Waals surface area contributed by atoms with Crippen LogP contribution in [0.3, 0.4) is 0 Å². The van der Waals surface area contributed by atoms with Crippen LogP contribution in [0.25, 0.3) is 10.6 Å². The predicted octanol–water partition coefficient (Wildman–Crippen LogP) is 3.99. The molecule has 5 heteroatoms. The van der Waals surface area contributed by atoms with E-state index in [0.29, 0.717) is 0 Å². The Morgan fingerprint density at radius 2 is 2.24 bits per heavy atom. The third-order valence-electron chi connectivity index (χ3n) is 2.46. The Morgan fingerprint density at radius 3 is 2.88 bits per heavy atom. The van der Waals surface area contributed by atoms with Crippen molar-refractivity contribution in [2.45, 2.75) is 20.3 Å². The Balaban J connectivity index is 2.39. The maximum absolute atomic E-state index is 6.13. The van der Waals surface area contributed by atoms with E-state index in [2.05, 4.69) is 22.2 Å². The summed E-state index contributed by atoms with van der Waals surface area (Å²) >= 11 is 7.73. The van der Waals surface area contributed by atoms with Gasteiger partial charge in [0.25, 0.3) is 0 Å². The van der Waals surface area contributed by atoms with Crippen molar-refractivity contribution in [2.75, 3.05) is 11.9 Å². The molecule has 0 radical (unpaired) electrons. The Bertz CT molecular complexity index is 510. The van der Waals surface area contributed by atoms with Crippen molar-refractivity contribution in [3.63, 3.8) is 0 Å². The van der Waals surface area contributed by atoms with E-state index in [0.717, 1.165) is 39.9 Å². The lowest BCUT2D eigenvalue weighted by molar-refractivity contribution is 0.960. The molecule has 0 aliphatic rings. The molecule has 0 spiro atoms. The molecule has 0 bridgehead atoms. The normalized spacial score (nSPS) is 10.5. The van der Waals surface area contributed by atoms with E-state index in [1.807, 2.05) is 18.4 Å². The van der Waals surface area contributed by atoms with E-state index in [9.17, 15) is 0 Å². The molecule has 0 amide bonds. The van der Waals surface area contributed by atoms with Gasteiger partial charge >= 0.3 is 0 Å². The summed E-state index contributed by atoms with van der Waals surface area (Å²) in [6, 6.07) is 1.89. The molecule has 0 aliphatic carbocycles. The van der Waals surface area contributed by atoms with Gasteiger partial charge in [-0.3, -0.25) is 0 Å². The zero-order chi connectivity index (χ0) is 12.3. The molecule has 2 rings (SSSR count). The lowest BCUT2D eigenvalue weighted by Gasteiger charge is -2.09. The maximum Gasteiger partial charge on any atom is 0.132 e. The van der Waals surface area contributed by atoms with Gasteiger partial charge in [-0.2, -0.15) is 0 Å². The van der Waals surface area contributed by atoms with Crippen LogP contribution in [0, 0.1) is 6.92 Å². The molecule has 2 aromatic rings. The topological polar surface area (TPSA) is 37.8 Å². The fraction of sp³-hybridized carbons (Fsp3) is 0.333. The highest BCUT2D eigenvalue weighted by molar-refractivity contribution is 7.14. The molecule has 0 unspecified atom stereocenters. The quantitative estimate of drug-likeness (QED) is 0.910. The molecule has 1 N–H and O–H groups in total. The van der Waals surface area contributed by atoms with Gasteiger partial charge in [-0.05, 0) is 24.8 Å². The summed E-state index contributed by atoms with van der Waals surface area (Å²) < 4.78 is 0. The monoisotopic (exact) mass is 267 g/mol. The molecule has 2 heterocycles. The highest BCUT2D eigenvalue weighted by Gasteiger charge is 2.12. The number of rotatable bonds is 4. The van der Waals surface area contributed by atoms with Crippen LogP contribution in [0.2, 0.25) is 5.02 Å². The summed E-state index contributed by atoms with van der Waals surface area (Å²) in [4.78, 5) is 9.59. The highest BCUT2D eigenvalue weighted by atomic mass is 35.5. The molecule has 0 fully saturated rings. The van der Waals surface area contributed by atoms with Crippen LogP contribution in [0.5, 0.6) is 0 Å². The third-order valence-corrected chi connectivity index (χ3v) is 3.81. The molecule has 17 heavy (non-hydrogen) atoms. The van der Waals surface area contributed by atoms with Gasteiger partial charge in [0, 0.05) is 12.1 Å². The number of nitrogens with one attached hydrogen (secondary N) is 1. The number of anilines is 1. The molecule has 0 saturated heterocycles. The number of aromatic nitrogens is 2. The molecular weight excluding hydrogens is 254 g/mol. The minimum absolute atomic E-state index is 0.748. The van der Waals surface area contributed by atoms with Crippen LogP contribution in [0.15, 0.2) is 17.8 Å². The molecule has 0 aliphatic heterocycles. The highest BCUT2D eigenvalue weighted by Crippen LogP contribution is 2.34. The van der Waals surface area contributed by atoms with E-state index in [1.165, 1.54) is 0 Å². The summed E-state index contributed by atoms with van der Waals surface area (Å²) in [5, 5.41) is 6.01. The Morgan fingerprint density at radius 1 is 1.41 bits per heavy atom. The van der Waals surface area contributed by atoms with E-state index < -0.39 is 0 Å². The molecule has 0 atom stereocenters. The fourth-order valence-corrected chi connectivity index (χ4v) is 2.76. The average molecular weight is 268 g/mol. The van der Waals surface area contributed by atoms with Crippen LogP contribution < -0.4 is 5.32 Å². The van der Waals surface area contributed by atoms with Gasteiger partial charge in [0.05, 0.1) is 15.6 Å². The number of nitrogens with zero attached hydrogens (tertiary/aromatic N) is 2. The van der Waals surface area contributed by atoms with Crippen LogP contribution in [-0.4, -0.2) is 16.5 Å². The van der Waals surface area contributed by atoms with Crippen molar-refractivity contribution in [3.05, 3.63) is 28.4 Å². The van der Waals surface area contributed by atoms with Crippen molar-refractivity contribution < 1.29 is 0 Å². The Hall–Kier alpha value is -1.13. The number of hydrogen-bond donors (Lipinski definition) is 1. The van der Waals surface area contributed by atoms with Crippen LogP contribution in [-0.2, 0) is 0 Å². The zero-order valence-electron chi connectivity index (χ0n) is 9.83. The largest absolute Gasteiger partial charge is 0.370 e. The lowest BCUT2D eigenvalue weighted by atomic mass is 10.2. The maximum atomic E-state index is 6.13. The minimum Gasteiger partial charge on any atom is -0.370 e.